The van der Waals surface area contributed by atoms with Crippen molar-refractivity contribution in [3.63, 3.8) is 0 Å². The minimum atomic E-state index is -0.0739. The van der Waals surface area contributed by atoms with E-state index in [2.05, 4.69) is 12.2 Å². The van der Waals surface area contributed by atoms with Crippen molar-refractivity contribution in [1.29, 1.82) is 0 Å². The van der Waals surface area contributed by atoms with Crippen LogP contribution in [-0.4, -0.2) is 31.1 Å². The molecule has 4 nitrogen and oxygen atoms in total. The Balaban J connectivity index is 2.00. The largest absolute Gasteiger partial charge is 0.497 e. The van der Waals surface area contributed by atoms with Crippen LogP contribution in [0.1, 0.15) is 26.2 Å². The van der Waals surface area contributed by atoms with Gasteiger partial charge >= 0.3 is 6.03 Å². The van der Waals surface area contributed by atoms with Crippen molar-refractivity contribution >= 4 is 23.3 Å². The molecule has 0 aromatic heterocycles. The second-order valence-corrected chi connectivity index (χ2v) is 5.55. The van der Waals surface area contributed by atoms with E-state index in [-0.39, 0.29) is 6.03 Å². The van der Waals surface area contributed by atoms with Crippen LogP contribution in [0.3, 0.4) is 0 Å². The molecule has 1 atom stereocenters. The number of methoxy groups -OCH3 is 1. The number of anilines is 1. The van der Waals surface area contributed by atoms with E-state index in [0.717, 1.165) is 25.9 Å². The van der Waals surface area contributed by atoms with Gasteiger partial charge in [-0.1, -0.05) is 24.9 Å². The molecule has 1 unspecified atom stereocenters. The summed E-state index contributed by atoms with van der Waals surface area (Å²) in [4.78, 5) is 14.1. The first-order valence-electron chi connectivity index (χ1n) is 7.03. The molecule has 0 spiro atoms. The maximum absolute atomic E-state index is 12.3. The van der Waals surface area contributed by atoms with Crippen molar-refractivity contribution in [1.82, 2.24) is 4.90 Å². The van der Waals surface area contributed by atoms with Gasteiger partial charge in [0.15, 0.2) is 0 Å². The number of benzene rings is 1. The quantitative estimate of drug-likeness (QED) is 0.916. The number of halogens is 1. The highest BCUT2D eigenvalue weighted by atomic mass is 35.5. The van der Waals surface area contributed by atoms with E-state index >= 15 is 0 Å². The van der Waals surface area contributed by atoms with Crippen LogP contribution in [-0.2, 0) is 0 Å². The second-order valence-electron chi connectivity index (χ2n) is 5.14. The van der Waals surface area contributed by atoms with Gasteiger partial charge in [0.1, 0.15) is 5.75 Å². The molecule has 1 aliphatic rings. The van der Waals surface area contributed by atoms with Gasteiger partial charge in [-0.2, -0.15) is 0 Å². The lowest BCUT2D eigenvalue weighted by Crippen LogP contribution is -2.42. The summed E-state index contributed by atoms with van der Waals surface area (Å²) in [5.74, 6) is 1.29. The Morgan fingerprint density at radius 2 is 2.35 bits per heavy atom. The Labute approximate surface area is 125 Å². The van der Waals surface area contributed by atoms with E-state index in [1.54, 1.807) is 25.3 Å². The van der Waals surface area contributed by atoms with Crippen molar-refractivity contribution in [2.45, 2.75) is 26.2 Å². The molecule has 0 saturated carbocycles. The minimum absolute atomic E-state index is 0.0739. The number of carbonyl (C=O) groups excluding carboxylic acids is 1. The predicted molar refractivity (Wildman–Crippen MR) is 81.6 cm³/mol. The number of likely N-dealkylation sites (tertiary alicyclic amines) is 1. The Hall–Kier alpha value is -1.42. The fourth-order valence-corrected chi connectivity index (χ4v) is 2.72. The molecule has 1 aliphatic heterocycles. The highest BCUT2D eigenvalue weighted by Crippen LogP contribution is 2.27. The first-order valence-corrected chi connectivity index (χ1v) is 7.41. The number of hydrogen-bond acceptors (Lipinski definition) is 2. The number of carbonyl (C=O) groups is 1. The van der Waals surface area contributed by atoms with Crippen LogP contribution in [0.15, 0.2) is 18.2 Å². The van der Waals surface area contributed by atoms with E-state index in [4.69, 9.17) is 16.3 Å². The van der Waals surface area contributed by atoms with Crippen LogP contribution in [0.2, 0.25) is 5.02 Å². The van der Waals surface area contributed by atoms with Gasteiger partial charge in [0.2, 0.25) is 0 Å². The number of rotatable bonds is 3. The van der Waals surface area contributed by atoms with Crippen molar-refractivity contribution in [3.05, 3.63) is 23.2 Å². The molecular weight excluding hydrogens is 276 g/mol. The fraction of sp³-hybridized carbons (Fsp3) is 0.533. The van der Waals surface area contributed by atoms with Gasteiger partial charge in [0.05, 0.1) is 17.8 Å². The molecular formula is C15H21ClN2O2. The maximum atomic E-state index is 12.3. The lowest BCUT2D eigenvalue weighted by atomic mass is 9.96. The summed E-state index contributed by atoms with van der Waals surface area (Å²) in [7, 11) is 1.59. The summed E-state index contributed by atoms with van der Waals surface area (Å²) in [6.07, 6.45) is 3.40. The van der Waals surface area contributed by atoms with Crippen molar-refractivity contribution in [3.8, 4) is 5.75 Å². The molecule has 5 heteroatoms. The van der Waals surface area contributed by atoms with Crippen LogP contribution in [0.5, 0.6) is 5.75 Å². The van der Waals surface area contributed by atoms with Gasteiger partial charge in [-0.3, -0.25) is 0 Å². The average Bonchev–Trinajstić information content (AvgIpc) is 2.49. The van der Waals surface area contributed by atoms with Gasteiger partial charge < -0.3 is 15.0 Å². The van der Waals surface area contributed by atoms with E-state index in [1.165, 1.54) is 6.42 Å². The number of piperidine rings is 1. The van der Waals surface area contributed by atoms with Crippen LogP contribution in [0, 0.1) is 5.92 Å². The molecule has 2 rings (SSSR count). The van der Waals surface area contributed by atoms with Gasteiger partial charge in [-0.15, -0.1) is 0 Å². The van der Waals surface area contributed by atoms with Crippen LogP contribution in [0.4, 0.5) is 10.5 Å². The average molecular weight is 297 g/mol. The first-order chi connectivity index (χ1) is 9.63. The molecule has 110 valence electrons. The molecule has 1 fully saturated rings. The normalized spacial score (nSPS) is 18.8. The lowest BCUT2D eigenvalue weighted by Gasteiger charge is -2.32. The van der Waals surface area contributed by atoms with Gasteiger partial charge in [0, 0.05) is 19.2 Å². The number of urea groups is 1. The molecule has 20 heavy (non-hydrogen) atoms. The van der Waals surface area contributed by atoms with Gasteiger partial charge in [0.25, 0.3) is 0 Å². The first kappa shape index (κ1) is 15.0. The van der Waals surface area contributed by atoms with Crippen molar-refractivity contribution in [2.24, 2.45) is 5.92 Å². The minimum Gasteiger partial charge on any atom is -0.497 e. The fourth-order valence-electron chi connectivity index (χ4n) is 2.50. The third-order valence-electron chi connectivity index (χ3n) is 3.80. The molecule has 1 N–H and O–H groups in total. The summed E-state index contributed by atoms with van der Waals surface area (Å²) >= 11 is 6.13. The third-order valence-corrected chi connectivity index (χ3v) is 4.11. The molecule has 1 aromatic carbocycles. The van der Waals surface area contributed by atoms with Crippen molar-refractivity contribution < 1.29 is 9.53 Å². The van der Waals surface area contributed by atoms with Gasteiger partial charge in [-0.05, 0) is 30.9 Å². The number of ether oxygens (including phenoxy) is 1. The molecule has 0 aliphatic carbocycles. The van der Waals surface area contributed by atoms with E-state index in [1.807, 2.05) is 4.90 Å². The van der Waals surface area contributed by atoms with Crippen LogP contribution >= 0.6 is 11.6 Å². The Morgan fingerprint density at radius 3 is 3.00 bits per heavy atom. The molecule has 1 aromatic rings. The second kappa shape index (κ2) is 6.84. The van der Waals surface area contributed by atoms with Crippen LogP contribution in [0.25, 0.3) is 0 Å². The van der Waals surface area contributed by atoms with E-state index in [9.17, 15) is 4.79 Å². The zero-order chi connectivity index (χ0) is 14.5. The summed E-state index contributed by atoms with van der Waals surface area (Å²) in [5, 5.41) is 3.36. The smallest absolute Gasteiger partial charge is 0.321 e. The number of nitrogens with one attached hydrogen (secondary N) is 1. The molecule has 1 heterocycles. The molecule has 0 bridgehead atoms. The predicted octanol–water partition coefficient (Wildman–Crippen LogP) is 4.00. The molecule has 2 amide bonds. The third kappa shape index (κ3) is 3.57. The monoisotopic (exact) mass is 296 g/mol. The topological polar surface area (TPSA) is 41.6 Å². The zero-order valence-corrected chi connectivity index (χ0v) is 12.7. The maximum Gasteiger partial charge on any atom is 0.321 e. The number of nitrogens with zero attached hydrogens (tertiary/aromatic N) is 1. The Morgan fingerprint density at radius 1 is 1.55 bits per heavy atom. The van der Waals surface area contributed by atoms with Crippen LogP contribution < -0.4 is 10.1 Å². The summed E-state index contributed by atoms with van der Waals surface area (Å²) in [5.41, 5.74) is 0.621. The summed E-state index contributed by atoms with van der Waals surface area (Å²) < 4.78 is 5.09. The molecule has 0 radical (unpaired) electrons. The lowest BCUT2D eigenvalue weighted by molar-refractivity contribution is 0.176. The number of hydrogen-bond donors (Lipinski definition) is 1. The van der Waals surface area contributed by atoms with E-state index < -0.39 is 0 Å². The SMILES string of the molecule is CCC1CCCN(C(=O)Nc2ccc(OC)cc2Cl)C1. The molecule has 1 saturated heterocycles. The Kier molecular flexibility index (Phi) is 5.12. The summed E-state index contributed by atoms with van der Waals surface area (Å²) in [6.45, 7) is 3.82. The van der Waals surface area contributed by atoms with E-state index in [0.29, 0.717) is 22.4 Å². The standard InChI is InChI=1S/C15H21ClN2O2/c1-3-11-5-4-8-18(10-11)15(19)17-14-7-6-12(20-2)9-13(14)16/h6-7,9,11H,3-5,8,10H2,1-2H3,(H,17,19). The summed E-state index contributed by atoms with van der Waals surface area (Å²) in [6, 6.07) is 5.17. The zero-order valence-electron chi connectivity index (χ0n) is 12.0. The highest BCUT2D eigenvalue weighted by molar-refractivity contribution is 6.33. The Bertz CT molecular complexity index is 479. The van der Waals surface area contributed by atoms with Crippen molar-refractivity contribution in [2.75, 3.05) is 25.5 Å². The number of amides is 2. The van der Waals surface area contributed by atoms with Gasteiger partial charge in [-0.25, -0.2) is 4.79 Å². The highest BCUT2D eigenvalue weighted by Gasteiger charge is 2.22.